The zero-order chi connectivity index (χ0) is 36.6. The summed E-state index contributed by atoms with van der Waals surface area (Å²) in [4.78, 5) is 12.5. The first-order valence-electron chi connectivity index (χ1n) is 22.2. The van der Waals surface area contributed by atoms with Crippen LogP contribution in [0.4, 0.5) is 0 Å². The summed E-state index contributed by atoms with van der Waals surface area (Å²) in [5.74, 6) is -0.510. The molecule has 1 amide bonds. The molecule has 0 fully saturated rings. The van der Waals surface area contributed by atoms with Gasteiger partial charge in [-0.25, -0.2) is 0 Å². The van der Waals surface area contributed by atoms with Crippen molar-refractivity contribution in [2.24, 2.45) is 0 Å². The highest BCUT2D eigenvalue weighted by molar-refractivity contribution is 5.80. The lowest BCUT2D eigenvalue weighted by Crippen LogP contribution is -2.48. The third kappa shape index (κ3) is 35.2. The van der Waals surface area contributed by atoms with Crippen LogP contribution in [-0.2, 0) is 4.79 Å². The normalized spacial score (nSPS) is 13.8. The number of aliphatic hydroxyl groups excluding tert-OH is 3. The Morgan fingerprint density at radius 2 is 0.820 bits per heavy atom. The van der Waals surface area contributed by atoms with Crippen LogP contribution >= 0.6 is 0 Å². The van der Waals surface area contributed by atoms with Crippen LogP contribution in [0.3, 0.4) is 0 Å². The van der Waals surface area contributed by atoms with E-state index in [1.165, 1.54) is 173 Å². The predicted molar refractivity (Wildman–Crippen MR) is 218 cm³/mol. The van der Waals surface area contributed by atoms with Gasteiger partial charge in [-0.05, 0) is 32.1 Å². The second-order valence-electron chi connectivity index (χ2n) is 15.3. The van der Waals surface area contributed by atoms with E-state index in [1.807, 2.05) is 6.08 Å². The SMILES string of the molecule is CCCCCCCCCCCCCCC/C=C/CC/C=C/C(O)C(CO)NC(=O)C(O)CCCCCCCCCCCCCCCCCCC. The number of amides is 1. The lowest BCUT2D eigenvalue weighted by molar-refractivity contribution is -0.131. The van der Waals surface area contributed by atoms with Crippen molar-refractivity contribution in [1.82, 2.24) is 5.32 Å². The number of nitrogens with one attached hydrogen (secondary N) is 1. The van der Waals surface area contributed by atoms with Crippen molar-refractivity contribution in [3.8, 4) is 0 Å². The van der Waals surface area contributed by atoms with Gasteiger partial charge in [-0.2, -0.15) is 0 Å². The summed E-state index contributed by atoms with van der Waals surface area (Å²) >= 11 is 0. The smallest absolute Gasteiger partial charge is 0.249 e. The van der Waals surface area contributed by atoms with Gasteiger partial charge in [0.2, 0.25) is 5.91 Å². The van der Waals surface area contributed by atoms with E-state index < -0.39 is 24.2 Å². The highest BCUT2D eigenvalue weighted by Crippen LogP contribution is 2.16. The van der Waals surface area contributed by atoms with E-state index >= 15 is 0 Å². The summed E-state index contributed by atoms with van der Waals surface area (Å²) in [5.41, 5.74) is 0. The zero-order valence-electron chi connectivity index (χ0n) is 33.5. The van der Waals surface area contributed by atoms with Crippen LogP contribution in [0.2, 0.25) is 0 Å². The molecule has 0 heterocycles. The molecule has 0 rings (SSSR count). The lowest BCUT2D eigenvalue weighted by Gasteiger charge is -2.21. The van der Waals surface area contributed by atoms with Gasteiger partial charge in [-0.15, -0.1) is 0 Å². The monoisotopic (exact) mass is 706 g/mol. The Morgan fingerprint density at radius 1 is 0.480 bits per heavy atom. The van der Waals surface area contributed by atoms with Gasteiger partial charge in [-0.1, -0.05) is 224 Å². The fraction of sp³-hybridized carbons (Fsp3) is 0.889. The van der Waals surface area contributed by atoms with E-state index in [4.69, 9.17) is 0 Å². The molecule has 5 heteroatoms. The molecule has 50 heavy (non-hydrogen) atoms. The summed E-state index contributed by atoms with van der Waals surface area (Å²) in [6.45, 7) is 4.18. The Labute approximate surface area is 312 Å². The third-order valence-electron chi connectivity index (χ3n) is 10.3. The molecule has 0 aliphatic heterocycles. The van der Waals surface area contributed by atoms with E-state index in [1.54, 1.807) is 6.08 Å². The van der Waals surface area contributed by atoms with Crippen molar-refractivity contribution >= 4 is 5.91 Å². The van der Waals surface area contributed by atoms with Crippen LogP contribution in [0.25, 0.3) is 0 Å². The summed E-state index contributed by atoms with van der Waals surface area (Å²) in [7, 11) is 0. The molecule has 3 atom stereocenters. The van der Waals surface area contributed by atoms with Crippen molar-refractivity contribution in [3.05, 3.63) is 24.3 Å². The fourth-order valence-electron chi connectivity index (χ4n) is 6.79. The molecule has 0 aliphatic carbocycles. The maximum absolute atomic E-state index is 12.5. The molecule has 0 saturated carbocycles. The molecule has 4 N–H and O–H groups in total. The van der Waals surface area contributed by atoms with Crippen molar-refractivity contribution in [2.45, 2.75) is 250 Å². The van der Waals surface area contributed by atoms with Crippen molar-refractivity contribution in [1.29, 1.82) is 0 Å². The van der Waals surface area contributed by atoms with E-state index in [0.717, 1.165) is 38.5 Å². The number of aliphatic hydroxyl groups is 3. The summed E-state index contributed by atoms with van der Waals surface area (Å²) in [6, 6.07) is -0.810. The number of rotatable bonds is 40. The first-order valence-corrected chi connectivity index (χ1v) is 22.2. The quantitative estimate of drug-likeness (QED) is 0.0377. The third-order valence-corrected chi connectivity index (χ3v) is 10.3. The van der Waals surface area contributed by atoms with Crippen LogP contribution in [0.15, 0.2) is 24.3 Å². The zero-order valence-corrected chi connectivity index (χ0v) is 33.5. The van der Waals surface area contributed by atoms with Gasteiger partial charge in [0.05, 0.1) is 18.8 Å². The Morgan fingerprint density at radius 3 is 1.22 bits per heavy atom. The first kappa shape index (κ1) is 48.8. The Bertz CT molecular complexity index is 739. The van der Waals surface area contributed by atoms with Crippen molar-refractivity contribution < 1.29 is 20.1 Å². The van der Waals surface area contributed by atoms with Gasteiger partial charge in [0.1, 0.15) is 6.10 Å². The van der Waals surface area contributed by atoms with E-state index in [9.17, 15) is 20.1 Å². The van der Waals surface area contributed by atoms with Crippen molar-refractivity contribution in [2.75, 3.05) is 6.61 Å². The summed E-state index contributed by atoms with van der Waals surface area (Å²) in [6.07, 6.45) is 49.2. The molecule has 0 saturated heterocycles. The predicted octanol–water partition coefficient (Wildman–Crippen LogP) is 12.6. The molecule has 0 radical (unpaired) electrons. The molecular weight excluding hydrogens is 618 g/mol. The maximum atomic E-state index is 12.5. The average Bonchev–Trinajstić information content (AvgIpc) is 3.12. The number of hydrogen-bond acceptors (Lipinski definition) is 4. The van der Waals surface area contributed by atoms with Crippen LogP contribution in [-0.4, -0.2) is 46.1 Å². The van der Waals surface area contributed by atoms with Gasteiger partial charge >= 0.3 is 0 Å². The van der Waals surface area contributed by atoms with Gasteiger partial charge in [0, 0.05) is 0 Å². The number of unbranched alkanes of at least 4 members (excludes halogenated alkanes) is 30. The van der Waals surface area contributed by atoms with Gasteiger partial charge < -0.3 is 20.6 Å². The maximum Gasteiger partial charge on any atom is 0.249 e. The number of hydrogen-bond donors (Lipinski definition) is 4. The van der Waals surface area contributed by atoms with E-state index in [-0.39, 0.29) is 6.61 Å². The second-order valence-corrected chi connectivity index (χ2v) is 15.3. The molecule has 0 aliphatic rings. The molecule has 5 nitrogen and oxygen atoms in total. The minimum atomic E-state index is -1.10. The van der Waals surface area contributed by atoms with Crippen LogP contribution < -0.4 is 5.32 Å². The molecule has 296 valence electrons. The molecular formula is C45H87NO4. The molecule has 0 spiro atoms. The Kier molecular flexibility index (Phi) is 39.6. The standard InChI is InChI=1S/C45H87NO4/c1-3-5-7-9-11-13-15-17-19-21-22-24-25-27-29-31-33-35-37-39-43(48)42(41-47)46-45(50)44(49)40-38-36-34-32-30-28-26-23-20-18-16-14-12-10-8-6-4-2/h29,31,37,39,42-44,47-49H,3-28,30,32-36,38,40-41H2,1-2H3,(H,46,50)/b31-29+,39-37+. The van der Waals surface area contributed by atoms with E-state index in [0.29, 0.717) is 6.42 Å². The Hall–Kier alpha value is -1.17. The highest BCUT2D eigenvalue weighted by atomic mass is 16.3. The van der Waals surface area contributed by atoms with Crippen LogP contribution in [0.1, 0.15) is 232 Å². The van der Waals surface area contributed by atoms with Gasteiger partial charge in [0.25, 0.3) is 0 Å². The highest BCUT2D eigenvalue weighted by Gasteiger charge is 2.22. The van der Waals surface area contributed by atoms with Crippen LogP contribution in [0.5, 0.6) is 0 Å². The molecule has 3 unspecified atom stereocenters. The number of allylic oxidation sites excluding steroid dienone is 3. The minimum Gasteiger partial charge on any atom is -0.394 e. The molecule has 0 aromatic carbocycles. The topological polar surface area (TPSA) is 89.8 Å². The Balaban J connectivity index is 3.70. The largest absolute Gasteiger partial charge is 0.394 e. The number of carbonyl (C=O) groups excluding carboxylic acids is 1. The summed E-state index contributed by atoms with van der Waals surface area (Å²) in [5, 5.41) is 33.1. The minimum absolute atomic E-state index is 0.373. The average molecular weight is 706 g/mol. The molecule has 0 bridgehead atoms. The molecule has 0 aromatic heterocycles. The fourth-order valence-corrected chi connectivity index (χ4v) is 6.79. The number of carbonyl (C=O) groups is 1. The van der Waals surface area contributed by atoms with Crippen molar-refractivity contribution in [3.63, 3.8) is 0 Å². The summed E-state index contributed by atoms with van der Waals surface area (Å²) < 4.78 is 0. The van der Waals surface area contributed by atoms with Gasteiger partial charge in [0.15, 0.2) is 0 Å². The first-order chi connectivity index (χ1) is 24.6. The van der Waals surface area contributed by atoms with Gasteiger partial charge in [-0.3, -0.25) is 4.79 Å². The second kappa shape index (κ2) is 40.6. The van der Waals surface area contributed by atoms with E-state index in [2.05, 4.69) is 31.3 Å². The lowest BCUT2D eigenvalue weighted by atomic mass is 10.0. The molecule has 0 aromatic rings. The van der Waals surface area contributed by atoms with Crippen LogP contribution in [0, 0.1) is 0 Å².